The molecule has 3 rings (SSSR count). The van der Waals surface area contributed by atoms with Crippen LogP contribution in [0, 0.1) is 0 Å². The third-order valence-corrected chi connectivity index (χ3v) is 3.77. The molecule has 2 aromatic rings. The highest BCUT2D eigenvalue weighted by molar-refractivity contribution is 6.30. The Morgan fingerprint density at radius 3 is 2.70 bits per heavy atom. The predicted molar refractivity (Wildman–Crippen MR) is 81.3 cm³/mol. The maximum absolute atomic E-state index is 6.25. The van der Waals surface area contributed by atoms with E-state index in [1.54, 1.807) is 6.20 Å². The maximum atomic E-state index is 6.25. The summed E-state index contributed by atoms with van der Waals surface area (Å²) in [5.74, 6) is 0.837. The third kappa shape index (κ3) is 2.46. The lowest BCUT2D eigenvalue weighted by Gasteiger charge is -2.29. The lowest BCUT2D eigenvalue weighted by Crippen LogP contribution is -2.50. The van der Waals surface area contributed by atoms with Gasteiger partial charge in [0.05, 0.1) is 0 Å². The lowest BCUT2D eigenvalue weighted by atomic mass is 9.91. The molecule has 0 amide bonds. The maximum Gasteiger partial charge on any atom is 0.129 e. The Morgan fingerprint density at radius 1 is 1.35 bits per heavy atom. The van der Waals surface area contributed by atoms with E-state index < -0.39 is 5.54 Å². The van der Waals surface area contributed by atoms with Crippen LogP contribution in [0.3, 0.4) is 0 Å². The fourth-order valence-corrected chi connectivity index (χ4v) is 2.54. The van der Waals surface area contributed by atoms with Crippen LogP contribution in [-0.4, -0.2) is 24.2 Å². The average molecular weight is 292 g/mol. The van der Waals surface area contributed by atoms with Gasteiger partial charge >= 0.3 is 0 Å². The van der Waals surface area contributed by atoms with Gasteiger partial charge in [-0.2, -0.15) is 0 Å². The van der Waals surface area contributed by atoms with E-state index in [2.05, 4.69) is 10.3 Å². The monoisotopic (exact) mass is 291 g/mol. The Kier molecular flexibility index (Phi) is 3.32. The van der Waals surface area contributed by atoms with Crippen molar-refractivity contribution in [1.29, 1.82) is 0 Å². The third-order valence-electron chi connectivity index (χ3n) is 3.56. The summed E-state index contributed by atoms with van der Waals surface area (Å²) in [6, 6.07) is 5.84. The number of nitrogens with two attached hydrogens (primary N) is 1. The van der Waals surface area contributed by atoms with Crippen LogP contribution in [0.2, 0.25) is 5.15 Å². The van der Waals surface area contributed by atoms with Crippen molar-refractivity contribution in [1.82, 2.24) is 10.3 Å². The Balaban J connectivity index is 2.14. The average Bonchev–Trinajstić information content (AvgIpc) is 2.31. The van der Waals surface area contributed by atoms with Crippen molar-refractivity contribution in [3.8, 4) is 5.75 Å². The summed E-state index contributed by atoms with van der Waals surface area (Å²) in [6.45, 7) is 5.72. The molecule has 1 saturated heterocycles. The van der Waals surface area contributed by atoms with E-state index in [-0.39, 0.29) is 6.10 Å². The first-order valence-electron chi connectivity index (χ1n) is 6.70. The van der Waals surface area contributed by atoms with E-state index in [4.69, 9.17) is 22.1 Å². The SMILES string of the molecule is CC(C)(N)c1ccc(OC2CNC2)c2cnc(Cl)cc12. The number of ether oxygens (including phenoxy) is 1. The van der Waals surface area contributed by atoms with Crippen molar-refractivity contribution in [2.75, 3.05) is 13.1 Å². The molecule has 5 heteroatoms. The minimum absolute atomic E-state index is 0.227. The summed E-state index contributed by atoms with van der Waals surface area (Å²) < 4.78 is 5.98. The highest BCUT2D eigenvalue weighted by Crippen LogP contribution is 2.34. The van der Waals surface area contributed by atoms with Gasteiger partial charge in [0, 0.05) is 30.2 Å². The number of benzene rings is 1. The smallest absolute Gasteiger partial charge is 0.129 e. The molecule has 0 aliphatic carbocycles. The Bertz CT molecular complexity index is 647. The number of fused-ring (bicyclic) bond motifs is 1. The lowest BCUT2D eigenvalue weighted by molar-refractivity contribution is 0.144. The van der Waals surface area contributed by atoms with Gasteiger partial charge in [-0.15, -0.1) is 0 Å². The molecule has 1 aromatic heterocycles. The molecule has 0 saturated carbocycles. The van der Waals surface area contributed by atoms with Crippen molar-refractivity contribution < 1.29 is 4.74 Å². The van der Waals surface area contributed by atoms with Gasteiger partial charge in [0.1, 0.15) is 17.0 Å². The van der Waals surface area contributed by atoms with Crippen LogP contribution in [0.15, 0.2) is 24.4 Å². The van der Waals surface area contributed by atoms with Crippen LogP contribution < -0.4 is 15.8 Å². The zero-order chi connectivity index (χ0) is 14.3. The fraction of sp³-hybridized carbons (Fsp3) is 0.400. The summed E-state index contributed by atoms with van der Waals surface area (Å²) in [7, 11) is 0. The van der Waals surface area contributed by atoms with E-state index in [0.717, 1.165) is 35.2 Å². The first-order valence-corrected chi connectivity index (χ1v) is 7.08. The van der Waals surface area contributed by atoms with Gasteiger partial charge in [0.15, 0.2) is 0 Å². The minimum atomic E-state index is -0.445. The standard InChI is InChI=1S/C15H18ClN3O/c1-15(2,17)12-3-4-13(20-9-6-18-7-9)11-8-19-14(16)5-10(11)12/h3-5,8-9,18H,6-7,17H2,1-2H3. The zero-order valence-electron chi connectivity index (χ0n) is 11.6. The molecule has 4 nitrogen and oxygen atoms in total. The first kappa shape index (κ1) is 13.6. The topological polar surface area (TPSA) is 60.2 Å². The van der Waals surface area contributed by atoms with Crippen LogP contribution in [0.4, 0.5) is 0 Å². The normalized spacial score (nSPS) is 16.2. The number of rotatable bonds is 3. The number of aromatic nitrogens is 1. The zero-order valence-corrected chi connectivity index (χ0v) is 12.4. The number of nitrogens with one attached hydrogen (secondary N) is 1. The van der Waals surface area contributed by atoms with Gasteiger partial charge in [0.25, 0.3) is 0 Å². The van der Waals surface area contributed by atoms with E-state index in [1.807, 2.05) is 32.0 Å². The molecule has 2 heterocycles. The number of nitrogens with zero attached hydrogens (tertiary/aromatic N) is 1. The van der Waals surface area contributed by atoms with Crippen molar-refractivity contribution in [2.45, 2.75) is 25.5 Å². The summed E-state index contributed by atoms with van der Waals surface area (Å²) in [4.78, 5) is 4.17. The molecule has 1 aromatic carbocycles. The number of halogens is 1. The van der Waals surface area contributed by atoms with Gasteiger partial charge in [-0.05, 0) is 36.9 Å². The van der Waals surface area contributed by atoms with E-state index in [0.29, 0.717) is 5.15 Å². The van der Waals surface area contributed by atoms with Crippen molar-refractivity contribution in [3.63, 3.8) is 0 Å². The summed E-state index contributed by atoms with van der Waals surface area (Å²) in [6.07, 6.45) is 1.99. The van der Waals surface area contributed by atoms with Crippen LogP contribution in [0.1, 0.15) is 19.4 Å². The van der Waals surface area contributed by atoms with Crippen LogP contribution in [0.5, 0.6) is 5.75 Å². The molecule has 1 fully saturated rings. The number of hydrogen-bond acceptors (Lipinski definition) is 4. The summed E-state index contributed by atoms with van der Waals surface area (Å²) in [5.41, 5.74) is 6.84. The molecule has 1 aliphatic heterocycles. The molecule has 1 aliphatic rings. The highest BCUT2D eigenvalue weighted by Gasteiger charge is 2.22. The second kappa shape index (κ2) is 4.88. The van der Waals surface area contributed by atoms with Crippen LogP contribution in [-0.2, 0) is 5.54 Å². The van der Waals surface area contributed by atoms with Crippen molar-refractivity contribution in [3.05, 3.63) is 35.1 Å². The molecule has 0 spiro atoms. The Hall–Kier alpha value is -1.36. The predicted octanol–water partition coefficient (Wildman–Crippen LogP) is 2.43. The Morgan fingerprint density at radius 2 is 2.10 bits per heavy atom. The minimum Gasteiger partial charge on any atom is -0.487 e. The highest BCUT2D eigenvalue weighted by atomic mass is 35.5. The molecule has 0 bridgehead atoms. The van der Waals surface area contributed by atoms with Gasteiger partial charge in [-0.3, -0.25) is 0 Å². The first-order chi connectivity index (χ1) is 9.45. The fourth-order valence-electron chi connectivity index (χ4n) is 2.38. The molecule has 106 valence electrons. The summed E-state index contributed by atoms with van der Waals surface area (Å²) >= 11 is 6.03. The van der Waals surface area contributed by atoms with Gasteiger partial charge < -0.3 is 15.8 Å². The second-order valence-corrected chi connectivity index (χ2v) is 6.17. The number of pyridine rings is 1. The molecule has 20 heavy (non-hydrogen) atoms. The van der Waals surface area contributed by atoms with E-state index in [9.17, 15) is 0 Å². The number of hydrogen-bond donors (Lipinski definition) is 2. The van der Waals surface area contributed by atoms with Gasteiger partial charge in [-0.1, -0.05) is 17.7 Å². The molecular weight excluding hydrogens is 274 g/mol. The van der Waals surface area contributed by atoms with Gasteiger partial charge in [-0.25, -0.2) is 4.98 Å². The van der Waals surface area contributed by atoms with Gasteiger partial charge in [0.2, 0.25) is 0 Å². The van der Waals surface area contributed by atoms with Crippen LogP contribution in [0.25, 0.3) is 10.8 Å². The molecular formula is C15H18ClN3O. The van der Waals surface area contributed by atoms with Crippen molar-refractivity contribution >= 4 is 22.4 Å². The molecule has 3 N–H and O–H groups in total. The molecule has 0 unspecified atom stereocenters. The second-order valence-electron chi connectivity index (χ2n) is 5.78. The van der Waals surface area contributed by atoms with Crippen molar-refractivity contribution in [2.24, 2.45) is 5.73 Å². The van der Waals surface area contributed by atoms with Crippen LogP contribution >= 0.6 is 11.6 Å². The molecule has 0 atom stereocenters. The van der Waals surface area contributed by atoms with E-state index in [1.165, 1.54) is 0 Å². The van der Waals surface area contributed by atoms with E-state index >= 15 is 0 Å². The molecule has 0 radical (unpaired) electrons. The Labute approximate surface area is 123 Å². The largest absolute Gasteiger partial charge is 0.487 e. The quantitative estimate of drug-likeness (QED) is 0.853. The summed E-state index contributed by atoms with van der Waals surface area (Å²) in [5, 5.41) is 5.61.